The topological polar surface area (TPSA) is 15.3 Å². The summed E-state index contributed by atoms with van der Waals surface area (Å²) in [5.74, 6) is 0. The average Bonchev–Trinajstić information content (AvgIpc) is 2.64. The molecule has 1 N–H and O–H groups in total. The first-order valence-electron chi connectivity index (χ1n) is 10.0. The zero-order valence-electron chi connectivity index (χ0n) is 17.7. The van der Waals surface area contributed by atoms with Gasteiger partial charge in [0, 0.05) is 31.4 Å². The smallest absolute Gasteiger partial charge is 0.381 e. The van der Waals surface area contributed by atoms with E-state index in [0.717, 1.165) is 19.5 Å². The molecule has 0 amide bonds. The van der Waals surface area contributed by atoms with Crippen molar-refractivity contribution in [2.45, 2.75) is 52.9 Å². The molecule has 0 spiro atoms. The molecule has 2 aromatic carbocycles. The number of benzene rings is 2. The molecule has 0 aliphatic carbocycles. The maximum atomic E-state index is 13.4. The third-order valence-electron chi connectivity index (χ3n) is 4.79. The van der Waals surface area contributed by atoms with Gasteiger partial charge in [0.1, 0.15) is 0 Å². The third-order valence-corrected chi connectivity index (χ3v) is 4.79. The van der Waals surface area contributed by atoms with Gasteiger partial charge in [-0.1, -0.05) is 53.6 Å². The zero-order valence-corrected chi connectivity index (χ0v) is 17.7. The van der Waals surface area contributed by atoms with Crippen LogP contribution >= 0.6 is 0 Å². The number of aryl methyl sites for hydroxylation is 2. The van der Waals surface area contributed by atoms with E-state index in [1.165, 1.54) is 23.3 Å². The van der Waals surface area contributed by atoms with E-state index in [1.54, 1.807) is 13.0 Å². The van der Waals surface area contributed by atoms with Gasteiger partial charge in [0.15, 0.2) is 0 Å². The summed E-state index contributed by atoms with van der Waals surface area (Å²) in [6.45, 7) is 9.92. The average molecular weight is 405 g/mol. The lowest BCUT2D eigenvalue weighted by atomic mass is 10.1. The van der Waals surface area contributed by atoms with Crippen molar-refractivity contribution < 1.29 is 13.2 Å². The number of nitrogens with one attached hydrogen (secondary N) is 1. The second-order valence-corrected chi connectivity index (χ2v) is 7.67. The van der Waals surface area contributed by atoms with Crippen LogP contribution in [0.1, 0.15) is 42.5 Å². The predicted octanol–water partition coefficient (Wildman–Crippen LogP) is 6.59. The number of allylic oxidation sites excluding steroid dienone is 1. The Labute approximate surface area is 172 Å². The van der Waals surface area contributed by atoms with Gasteiger partial charge in [0.25, 0.3) is 0 Å². The number of hydrogen-bond donors (Lipinski definition) is 1. The quantitative estimate of drug-likeness (QED) is 0.474. The molecule has 1 atom stereocenters. The van der Waals surface area contributed by atoms with Gasteiger partial charge < -0.3 is 5.32 Å². The lowest BCUT2D eigenvalue weighted by Gasteiger charge is -2.27. The molecule has 158 valence electrons. The van der Waals surface area contributed by atoms with E-state index in [1.807, 2.05) is 19.9 Å². The van der Waals surface area contributed by atoms with Gasteiger partial charge in [0.2, 0.25) is 0 Å². The number of hydrogen-bond acceptors (Lipinski definition) is 2. The van der Waals surface area contributed by atoms with Crippen molar-refractivity contribution in [3.8, 4) is 0 Å². The Morgan fingerprint density at radius 2 is 1.69 bits per heavy atom. The number of nitrogens with zero attached hydrogens (tertiary/aromatic N) is 1. The molecule has 0 aliphatic rings. The Hall–Kier alpha value is -2.27. The van der Waals surface area contributed by atoms with Crippen molar-refractivity contribution in [2.24, 2.45) is 0 Å². The Balaban J connectivity index is 2.10. The minimum Gasteiger partial charge on any atom is -0.381 e. The van der Waals surface area contributed by atoms with Gasteiger partial charge in [-0.3, -0.25) is 4.90 Å². The van der Waals surface area contributed by atoms with E-state index in [0.29, 0.717) is 12.1 Å². The van der Waals surface area contributed by atoms with Crippen LogP contribution in [0.4, 0.5) is 18.9 Å². The molecule has 1 unspecified atom stereocenters. The maximum absolute atomic E-state index is 13.4. The Kier molecular flexibility index (Phi) is 8.32. The maximum Gasteiger partial charge on any atom is 0.418 e. The third kappa shape index (κ3) is 7.58. The molecule has 0 aromatic heterocycles. The first-order chi connectivity index (χ1) is 13.7. The normalized spacial score (nSPS) is 13.2. The standard InChI is InChI=1S/C24H31F3N2/c1-5-6-7-14-29(17-21-11-8-18(2)9-12-21)16-20(4)28-23-13-10-19(3)15-22(23)24(25,26)27/h5-6,8-13,15,20,28H,7,14,16-17H2,1-4H3/b6-5-. The fourth-order valence-corrected chi connectivity index (χ4v) is 3.33. The molecule has 0 heterocycles. The Morgan fingerprint density at radius 1 is 1.03 bits per heavy atom. The van der Waals surface area contributed by atoms with Gasteiger partial charge in [0.05, 0.1) is 5.56 Å². The molecule has 2 rings (SSSR count). The Bertz CT molecular complexity index is 795. The van der Waals surface area contributed by atoms with Crippen LogP contribution in [0.15, 0.2) is 54.6 Å². The number of alkyl halides is 3. The Morgan fingerprint density at radius 3 is 2.31 bits per heavy atom. The largest absolute Gasteiger partial charge is 0.418 e. The summed E-state index contributed by atoms with van der Waals surface area (Å²) in [6.07, 6.45) is 0.671. The van der Waals surface area contributed by atoms with Crippen LogP contribution in [0.5, 0.6) is 0 Å². The van der Waals surface area contributed by atoms with Crippen molar-refractivity contribution in [2.75, 3.05) is 18.4 Å². The van der Waals surface area contributed by atoms with Gasteiger partial charge in [-0.05, 0) is 51.8 Å². The van der Waals surface area contributed by atoms with Crippen LogP contribution in [0.2, 0.25) is 0 Å². The minimum absolute atomic E-state index is 0.130. The van der Waals surface area contributed by atoms with E-state index >= 15 is 0 Å². The SMILES string of the molecule is C/C=C\CCN(Cc1ccc(C)cc1)CC(C)Nc1ccc(C)cc1C(F)(F)F. The van der Waals surface area contributed by atoms with Crippen LogP contribution in [0, 0.1) is 13.8 Å². The molecule has 29 heavy (non-hydrogen) atoms. The fourth-order valence-electron chi connectivity index (χ4n) is 3.33. The monoisotopic (exact) mass is 404 g/mol. The molecular weight excluding hydrogens is 373 g/mol. The van der Waals surface area contributed by atoms with Crippen LogP contribution in [-0.2, 0) is 12.7 Å². The molecule has 0 radical (unpaired) electrons. The number of rotatable bonds is 9. The highest BCUT2D eigenvalue weighted by Gasteiger charge is 2.33. The summed E-state index contributed by atoms with van der Waals surface area (Å²) < 4.78 is 40.2. The molecule has 5 heteroatoms. The lowest BCUT2D eigenvalue weighted by molar-refractivity contribution is -0.137. The van der Waals surface area contributed by atoms with Gasteiger partial charge >= 0.3 is 6.18 Å². The van der Waals surface area contributed by atoms with E-state index in [-0.39, 0.29) is 11.7 Å². The highest BCUT2D eigenvalue weighted by Crippen LogP contribution is 2.35. The molecule has 0 saturated carbocycles. The minimum atomic E-state index is -4.37. The first-order valence-corrected chi connectivity index (χ1v) is 10.0. The second kappa shape index (κ2) is 10.5. The highest BCUT2D eigenvalue weighted by atomic mass is 19.4. The van der Waals surface area contributed by atoms with E-state index in [4.69, 9.17) is 0 Å². The summed E-state index contributed by atoms with van der Waals surface area (Å²) >= 11 is 0. The van der Waals surface area contributed by atoms with E-state index in [2.05, 4.69) is 47.5 Å². The molecule has 2 nitrogen and oxygen atoms in total. The van der Waals surface area contributed by atoms with Gasteiger partial charge in [-0.2, -0.15) is 13.2 Å². The van der Waals surface area contributed by atoms with Crippen LogP contribution in [-0.4, -0.2) is 24.0 Å². The summed E-state index contributed by atoms with van der Waals surface area (Å²) in [4.78, 5) is 2.28. The highest BCUT2D eigenvalue weighted by molar-refractivity contribution is 5.54. The summed E-state index contributed by atoms with van der Waals surface area (Å²) in [7, 11) is 0. The fraction of sp³-hybridized carbons (Fsp3) is 0.417. The van der Waals surface area contributed by atoms with Gasteiger partial charge in [-0.25, -0.2) is 0 Å². The summed E-state index contributed by atoms with van der Waals surface area (Å²) in [6, 6.07) is 12.7. The summed E-state index contributed by atoms with van der Waals surface area (Å²) in [5.41, 5.74) is 2.54. The van der Waals surface area contributed by atoms with E-state index in [9.17, 15) is 13.2 Å². The van der Waals surface area contributed by atoms with Crippen molar-refractivity contribution in [3.63, 3.8) is 0 Å². The molecule has 0 saturated heterocycles. The van der Waals surface area contributed by atoms with Crippen LogP contribution in [0.3, 0.4) is 0 Å². The van der Waals surface area contributed by atoms with Crippen LogP contribution < -0.4 is 5.32 Å². The molecule has 0 aliphatic heterocycles. The van der Waals surface area contributed by atoms with E-state index < -0.39 is 11.7 Å². The van der Waals surface area contributed by atoms with Gasteiger partial charge in [-0.15, -0.1) is 0 Å². The molecular formula is C24H31F3N2. The predicted molar refractivity (Wildman–Crippen MR) is 115 cm³/mol. The summed E-state index contributed by atoms with van der Waals surface area (Å²) in [5, 5.41) is 3.08. The first kappa shape index (κ1) is 23.0. The molecule has 0 fully saturated rings. The molecule has 0 bridgehead atoms. The van der Waals surface area contributed by atoms with Crippen LogP contribution in [0.25, 0.3) is 0 Å². The zero-order chi connectivity index (χ0) is 21.4. The molecule has 2 aromatic rings. The number of anilines is 1. The van der Waals surface area contributed by atoms with Crippen molar-refractivity contribution >= 4 is 5.69 Å². The van der Waals surface area contributed by atoms with Crippen molar-refractivity contribution in [1.82, 2.24) is 4.90 Å². The van der Waals surface area contributed by atoms with Crippen molar-refractivity contribution in [1.29, 1.82) is 0 Å². The lowest BCUT2D eigenvalue weighted by Crippen LogP contribution is -2.35. The van der Waals surface area contributed by atoms with Crippen molar-refractivity contribution in [3.05, 3.63) is 76.9 Å². The second-order valence-electron chi connectivity index (χ2n) is 7.67. The number of halogens is 3.